The number of non-ortho nitro benzene ring substituents is 1. The van der Waals surface area contributed by atoms with Crippen molar-refractivity contribution in [3.8, 4) is 0 Å². The average molecular weight is 315 g/mol. The van der Waals surface area contributed by atoms with Gasteiger partial charge in [0.05, 0.1) is 4.92 Å². The highest BCUT2D eigenvalue weighted by atomic mass is 16.6. The number of nitrogens with one attached hydrogen (secondary N) is 1. The van der Waals surface area contributed by atoms with E-state index in [9.17, 15) is 14.9 Å². The van der Waals surface area contributed by atoms with Crippen molar-refractivity contribution < 1.29 is 9.72 Å². The molecule has 0 aliphatic heterocycles. The molecule has 0 radical (unpaired) electrons. The number of nitrogens with zero attached hydrogens (tertiary/aromatic N) is 2. The van der Waals surface area contributed by atoms with E-state index in [4.69, 9.17) is 0 Å². The van der Waals surface area contributed by atoms with Crippen molar-refractivity contribution in [1.82, 2.24) is 5.43 Å². The summed E-state index contributed by atoms with van der Waals surface area (Å²) in [6.45, 7) is 6.77. The second-order valence-corrected chi connectivity index (χ2v) is 7.30. The summed E-state index contributed by atoms with van der Waals surface area (Å²) in [5.74, 6) is 0.200. The van der Waals surface area contributed by atoms with E-state index in [1.165, 1.54) is 24.6 Å². The van der Waals surface area contributed by atoms with Crippen molar-refractivity contribution >= 4 is 17.3 Å². The second kappa shape index (κ2) is 5.15. The molecule has 2 atom stereocenters. The molecule has 2 aliphatic carbocycles. The molecule has 2 fully saturated rings. The Morgan fingerprint density at radius 2 is 2.13 bits per heavy atom. The number of fused-ring (bicyclic) bond motifs is 2. The monoisotopic (exact) mass is 315 g/mol. The molecule has 6 heteroatoms. The molecule has 23 heavy (non-hydrogen) atoms. The molecule has 1 amide bonds. The number of hydrogen-bond donors (Lipinski definition) is 1. The van der Waals surface area contributed by atoms with Gasteiger partial charge >= 0.3 is 0 Å². The average Bonchev–Trinajstić information content (AvgIpc) is 2.85. The Bertz CT molecular complexity index is 711. The molecule has 2 saturated carbocycles. The topological polar surface area (TPSA) is 84.6 Å². The Balaban J connectivity index is 1.78. The Kier molecular flexibility index (Phi) is 3.50. The zero-order chi connectivity index (χ0) is 16.8. The van der Waals surface area contributed by atoms with Crippen LogP contribution in [0.4, 0.5) is 5.69 Å². The van der Waals surface area contributed by atoms with Crippen molar-refractivity contribution in [3.05, 3.63) is 39.9 Å². The summed E-state index contributed by atoms with van der Waals surface area (Å²) in [5, 5.41) is 15.2. The normalized spacial score (nSPS) is 29.7. The lowest BCUT2D eigenvalue weighted by atomic mass is 9.70. The number of nitro benzene ring substituents is 1. The van der Waals surface area contributed by atoms with Crippen LogP contribution in [0.3, 0.4) is 0 Å². The van der Waals surface area contributed by atoms with E-state index in [1.54, 1.807) is 6.07 Å². The lowest BCUT2D eigenvalue weighted by Crippen LogP contribution is -2.34. The first kappa shape index (κ1) is 15.6. The van der Waals surface area contributed by atoms with Gasteiger partial charge in [0.2, 0.25) is 0 Å². The maximum absolute atomic E-state index is 12.2. The molecule has 2 bridgehead atoms. The van der Waals surface area contributed by atoms with Gasteiger partial charge < -0.3 is 0 Å². The van der Waals surface area contributed by atoms with E-state index in [0.29, 0.717) is 5.92 Å². The number of rotatable bonds is 3. The largest absolute Gasteiger partial charge is 0.271 e. The number of amides is 1. The van der Waals surface area contributed by atoms with E-state index < -0.39 is 10.8 Å². The van der Waals surface area contributed by atoms with Gasteiger partial charge in [-0.2, -0.15) is 5.10 Å². The van der Waals surface area contributed by atoms with Gasteiger partial charge in [0.15, 0.2) is 0 Å². The van der Waals surface area contributed by atoms with Crippen LogP contribution in [0.5, 0.6) is 0 Å². The molecular weight excluding hydrogens is 294 g/mol. The van der Waals surface area contributed by atoms with Gasteiger partial charge in [-0.15, -0.1) is 0 Å². The lowest BCUT2D eigenvalue weighted by Gasteiger charge is -2.34. The standard InChI is InChI=1S/C17H21N3O3/c1-16(2)12-7-8-17(16,3)14(10-12)18-19-15(21)11-5-4-6-13(9-11)20(22)23/h4-6,9,12H,7-8,10H2,1-3H3,(H,19,21)/t12-,17+/m0/s1. The van der Waals surface area contributed by atoms with Crippen LogP contribution in [0, 0.1) is 26.9 Å². The Morgan fingerprint density at radius 3 is 2.70 bits per heavy atom. The lowest BCUT2D eigenvalue weighted by molar-refractivity contribution is -0.384. The molecule has 1 aromatic rings. The summed E-state index contributed by atoms with van der Waals surface area (Å²) < 4.78 is 0. The molecule has 2 aliphatic rings. The van der Waals surface area contributed by atoms with E-state index in [-0.39, 0.29) is 22.1 Å². The fourth-order valence-corrected chi connectivity index (χ4v) is 4.04. The Labute approximate surface area is 135 Å². The first-order valence-electron chi connectivity index (χ1n) is 7.87. The molecule has 1 N–H and O–H groups in total. The summed E-state index contributed by atoms with van der Waals surface area (Å²) >= 11 is 0. The third-order valence-corrected chi connectivity index (χ3v) is 6.12. The molecule has 0 heterocycles. The van der Waals surface area contributed by atoms with Crippen LogP contribution in [0.15, 0.2) is 29.4 Å². The molecular formula is C17H21N3O3. The number of hydrogen-bond acceptors (Lipinski definition) is 4. The van der Waals surface area contributed by atoms with Crippen molar-refractivity contribution in [2.45, 2.75) is 40.0 Å². The van der Waals surface area contributed by atoms with Crippen LogP contribution in [0.25, 0.3) is 0 Å². The van der Waals surface area contributed by atoms with Gasteiger partial charge in [0.1, 0.15) is 0 Å². The molecule has 6 nitrogen and oxygen atoms in total. The maximum atomic E-state index is 12.2. The summed E-state index contributed by atoms with van der Waals surface area (Å²) in [5.41, 5.74) is 3.99. The van der Waals surface area contributed by atoms with Crippen LogP contribution in [-0.4, -0.2) is 16.5 Å². The quantitative estimate of drug-likeness (QED) is 0.684. The molecule has 0 spiro atoms. The van der Waals surface area contributed by atoms with E-state index in [1.807, 2.05) is 0 Å². The number of carbonyl (C=O) groups excluding carboxylic acids is 1. The summed E-state index contributed by atoms with van der Waals surface area (Å²) in [6.07, 6.45) is 3.22. The van der Waals surface area contributed by atoms with E-state index in [0.717, 1.165) is 18.6 Å². The van der Waals surface area contributed by atoms with Crippen LogP contribution in [0.2, 0.25) is 0 Å². The summed E-state index contributed by atoms with van der Waals surface area (Å²) in [6, 6.07) is 5.68. The molecule has 0 unspecified atom stereocenters. The SMILES string of the molecule is CC1(C)[C@H]2CC[C@]1(C)C(=NNC(=O)c1cccc([N+](=O)[O-])c1)C2. The third-order valence-electron chi connectivity index (χ3n) is 6.12. The van der Waals surface area contributed by atoms with Gasteiger partial charge in [-0.25, -0.2) is 5.43 Å². The third kappa shape index (κ3) is 2.33. The predicted molar refractivity (Wildman–Crippen MR) is 87.2 cm³/mol. The van der Waals surface area contributed by atoms with Gasteiger partial charge in [0, 0.05) is 28.8 Å². The van der Waals surface area contributed by atoms with Crippen molar-refractivity contribution in [1.29, 1.82) is 0 Å². The smallest absolute Gasteiger partial charge is 0.267 e. The first-order valence-corrected chi connectivity index (χ1v) is 7.87. The van der Waals surface area contributed by atoms with Crippen LogP contribution in [0.1, 0.15) is 50.4 Å². The predicted octanol–water partition coefficient (Wildman–Crippen LogP) is 3.53. The van der Waals surface area contributed by atoms with Gasteiger partial charge in [-0.05, 0) is 36.7 Å². The molecule has 0 saturated heterocycles. The molecule has 122 valence electrons. The van der Waals surface area contributed by atoms with Crippen molar-refractivity contribution in [2.75, 3.05) is 0 Å². The minimum Gasteiger partial charge on any atom is -0.267 e. The van der Waals surface area contributed by atoms with E-state index in [2.05, 4.69) is 31.3 Å². The number of nitro groups is 1. The van der Waals surface area contributed by atoms with Crippen molar-refractivity contribution in [2.24, 2.45) is 21.8 Å². The fourth-order valence-electron chi connectivity index (χ4n) is 4.04. The van der Waals surface area contributed by atoms with Crippen LogP contribution in [-0.2, 0) is 0 Å². The Hall–Kier alpha value is -2.24. The zero-order valence-corrected chi connectivity index (χ0v) is 13.6. The highest BCUT2D eigenvalue weighted by molar-refractivity contribution is 5.98. The molecule has 3 rings (SSSR count). The fraction of sp³-hybridized carbons (Fsp3) is 0.529. The van der Waals surface area contributed by atoms with Crippen LogP contribution < -0.4 is 5.43 Å². The summed E-state index contributed by atoms with van der Waals surface area (Å²) in [4.78, 5) is 22.5. The van der Waals surface area contributed by atoms with Crippen molar-refractivity contribution in [3.63, 3.8) is 0 Å². The first-order chi connectivity index (χ1) is 10.8. The number of hydrazone groups is 1. The summed E-state index contributed by atoms with van der Waals surface area (Å²) in [7, 11) is 0. The maximum Gasteiger partial charge on any atom is 0.271 e. The van der Waals surface area contributed by atoms with Gasteiger partial charge in [0.25, 0.3) is 11.6 Å². The minimum absolute atomic E-state index is 0.0215. The zero-order valence-electron chi connectivity index (χ0n) is 13.6. The van der Waals surface area contributed by atoms with Gasteiger partial charge in [-0.1, -0.05) is 26.8 Å². The molecule has 0 aromatic heterocycles. The Morgan fingerprint density at radius 1 is 1.39 bits per heavy atom. The molecule has 1 aromatic carbocycles. The van der Waals surface area contributed by atoms with Crippen LogP contribution >= 0.6 is 0 Å². The van der Waals surface area contributed by atoms with Gasteiger partial charge in [-0.3, -0.25) is 14.9 Å². The number of benzene rings is 1. The highest BCUT2D eigenvalue weighted by Gasteiger charge is 2.60. The highest BCUT2D eigenvalue weighted by Crippen LogP contribution is 2.63. The second-order valence-electron chi connectivity index (χ2n) is 7.30. The van der Waals surface area contributed by atoms with E-state index >= 15 is 0 Å². The minimum atomic E-state index is -0.512. The number of carbonyl (C=O) groups is 1.